The van der Waals surface area contributed by atoms with E-state index in [4.69, 9.17) is 4.52 Å². The second-order valence-corrected chi connectivity index (χ2v) is 6.33. The molecular formula is C19H18FN5O2. The second kappa shape index (κ2) is 7.14. The number of rotatable bonds is 3. The Morgan fingerprint density at radius 2 is 1.85 bits per heavy atom. The Balaban J connectivity index is 1.49. The van der Waals surface area contributed by atoms with Crippen LogP contribution in [0.1, 0.15) is 16.2 Å². The van der Waals surface area contributed by atoms with Gasteiger partial charge in [-0.05, 0) is 6.92 Å². The average molecular weight is 367 g/mol. The van der Waals surface area contributed by atoms with E-state index in [1.54, 1.807) is 17.9 Å². The molecule has 3 heterocycles. The predicted molar refractivity (Wildman–Crippen MR) is 96.8 cm³/mol. The van der Waals surface area contributed by atoms with E-state index in [1.165, 1.54) is 6.33 Å². The Morgan fingerprint density at radius 3 is 2.52 bits per heavy atom. The molecule has 0 spiro atoms. The van der Waals surface area contributed by atoms with Gasteiger partial charge in [-0.15, -0.1) is 0 Å². The number of benzene rings is 1. The van der Waals surface area contributed by atoms with Crippen LogP contribution in [0.2, 0.25) is 0 Å². The molecule has 27 heavy (non-hydrogen) atoms. The Kier molecular flexibility index (Phi) is 4.53. The summed E-state index contributed by atoms with van der Waals surface area (Å²) in [5.74, 6) is 0.219. The Hall–Kier alpha value is -3.29. The number of carbonyl (C=O) groups excluding carboxylic acids is 1. The van der Waals surface area contributed by atoms with Gasteiger partial charge in [0.2, 0.25) is 0 Å². The van der Waals surface area contributed by atoms with Gasteiger partial charge in [0.15, 0.2) is 17.3 Å². The van der Waals surface area contributed by atoms with Gasteiger partial charge >= 0.3 is 0 Å². The van der Waals surface area contributed by atoms with E-state index in [2.05, 4.69) is 15.1 Å². The molecule has 1 aliphatic heterocycles. The molecule has 0 N–H and O–H groups in total. The number of hydrogen-bond acceptors (Lipinski definition) is 6. The van der Waals surface area contributed by atoms with Gasteiger partial charge in [-0.2, -0.15) is 0 Å². The molecule has 1 aromatic carbocycles. The summed E-state index contributed by atoms with van der Waals surface area (Å²) in [7, 11) is 0. The third-order valence-corrected chi connectivity index (χ3v) is 4.53. The number of piperazine rings is 1. The number of hydrogen-bond donors (Lipinski definition) is 0. The summed E-state index contributed by atoms with van der Waals surface area (Å²) in [5.41, 5.74) is 1.27. The topological polar surface area (TPSA) is 75.4 Å². The minimum absolute atomic E-state index is 0.181. The molecule has 7 nitrogen and oxygen atoms in total. The molecule has 8 heteroatoms. The van der Waals surface area contributed by atoms with Gasteiger partial charge in [0.1, 0.15) is 17.8 Å². The fourth-order valence-electron chi connectivity index (χ4n) is 3.13. The van der Waals surface area contributed by atoms with Gasteiger partial charge in [0.05, 0.1) is 0 Å². The molecule has 138 valence electrons. The largest absolute Gasteiger partial charge is 0.361 e. The van der Waals surface area contributed by atoms with Crippen LogP contribution in [-0.4, -0.2) is 52.1 Å². The van der Waals surface area contributed by atoms with Crippen LogP contribution in [0.15, 0.2) is 47.2 Å². The van der Waals surface area contributed by atoms with Gasteiger partial charge in [-0.1, -0.05) is 35.5 Å². The van der Waals surface area contributed by atoms with Crippen LogP contribution in [0.3, 0.4) is 0 Å². The van der Waals surface area contributed by atoms with Gasteiger partial charge < -0.3 is 14.3 Å². The minimum atomic E-state index is -0.449. The summed E-state index contributed by atoms with van der Waals surface area (Å²) in [4.78, 5) is 24.2. The number of carbonyl (C=O) groups is 1. The van der Waals surface area contributed by atoms with Gasteiger partial charge in [-0.3, -0.25) is 4.79 Å². The van der Waals surface area contributed by atoms with E-state index in [0.717, 1.165) is 0 Å². The fraction of sp³-hybridized carbons (Fsp3) is 0.263. The first-order valence-electron chi connectivity index (χ1n) is 8.67. The minimum Gasteiger partial charge on any atom is -0.361 e. The van der Waals surface area contributed by atoms with Gasteiger partial charge in [-0.25, -0.2) is 14.4 Å². The number of halogens is 1. The lowest BCUT2D eigenvalue weighted by Crippen LogP contribution is -2.49. The number of aromatic nitrogens is 3. The lowest BCUT2D eigenvalue weighted by molar-refractivity contribution is 0.0736. The highest BCUT2D eigenvalue weighted by molar-refractivity contribution is 5.92. The maximum atomic E-state index is 15.0. The van der Waals surface area contributed by atoms with Crippen molar-refractivity contribution in [3.8, 4) is 11.3 Å². The quantitative estimate of drug-likeness (QED) is 0.708. The third-order valence-electron chi connectivity index (χ3n) is 4.53. The number of amides is 1. The molecule has 0 radical (unpaired) electrons. The van der Waals surface area contributed by atoms with E-state index in [1.807, 2.05) is 35.2 Å². The van der Waals surface area contributed by atoms with Crippen molar-refractivity contribution < 1.29 is 13.7 Å². The zero-order valence-electron chi connectivity index (χ0n) is 14.8. The summed E-state index contributed by atoms with van der Waals surface area (Å²) in [6, 6.07) is 10.8. The number of anilines is 1. The van der Waals surface area contributed by atoms with Crippen molar-refractivity contribution in [2.45, 2.75) is 6.92 Å². The standard InChI is InChI=1S/C19H18FN5O2/c1-13-11-15(23-27-13)19(26)25-9-7-24(8-10-25)18-16(20)17(21-12-22-18)14-5-3-2-4-6-14/h2-6,11-12H,7-10H2,1H3. The summed E-state index contributed by atoms with van der Waals surface area (Å²) >= 11 is 0. The highest BCUT2D eigenvalue weighted by Crippen LogP contribution is 2.26. The molecule has 0 atom stereocenters. The fourth-order valence-corrected chi connectivity index (χ4v) is 3.13. The van der Waals surface area contributed by atoms with E-state index in [0.29, 0.717) is 43.2 Å². The first-order chi connectivity index (χ1) is 13.1. The smallest absolute Gasteiger partial charge is 0.276 e. The molecule has 1 fully saturated rings. The first-order valence-corrected chi connectivity index (χ1v) is 8.67. The number of nitrogens with zero attached hydrogens (tertiary/aromatic N) is 5. The van der Waals surface area contributed by atoms with Crippen molar-refractivity contribution in [2.24, 2.45) is 0 Å². The summed E-state index contributed by atoms with van der Waals surface area (Å²) < 4.78 is 20.0. The van der Waals surface area contributed by atoms with Gasteiger partial charge in [0, 0.05) is 37.8 Å². The molecule has 2 aromatic heterocycles. The molecule has 4 rings (SSSR count). The van der Waals surface area contributed by atoms with Crippen LogP contribution < -0.4 is 4.90 Å². The lowest BCUT2D eigenvalue weighted by atomic mass is 10.1. The van der Waals surface area contributed by atoms with Crippen LogP contribution in [-0.2, 0) is 0 Å². The molecule has 0 bridgehead atoms. The second-order valence-electron chi connectivity index (χ2n) is 6.33. The third kappa shape index (κ3) is 3.38. The van der Waals surface area contributed by atoms with Crippen molar-refractivity contribution in [1.29, 1.82) is 0 Å². The molecule has 0 aliphatic carbocycles. The highest BCUT2D eigenvalue weighted by Gasteiger charge is 2.27. The average Bonchev–Trinajstić information content (AvgIpc) is 3.15. The molecule has 1 saturated heterocycles. The summed E-state index contributed by atoms with van der Waals surface area (Å²) in [6.45, 7) is 3.60. The zero-order chi connectivity index (χ0) is 18.8. The Bertz CT molecular complexity index is 952. The molecular weight excluding hydrogens is 349 g/mol. The van der Waals surface area contributed by atoms with Crippen LogP contribution in [0.4, 0.5) is 10.2 Å². The predicted octanol–water partition coefficient (Wildman–Crippen LogP) is 2.54. The van der Waals surface area contributed by atoms with E-state index in [-0.39, 0.29) is 17.4 Å². The normalized spacial score (nSPS) is 14.4. The van der Waals surface area contributed by atoms with Crippen molar-refractivity contribution in [1.82, 2.24) is 20.0 Å². The van der Waals surface area contributed by atoms with Gasteiger partial charge in [0.25, 0.3) is 5.91 Å². The lowest BCUT2D eigenvalue weighted by Gasteiger charge is -2.35. The van der Waals surface area contributed by atoms with Crippen LogP contribution in [0.5, 0.6) is 0 Å². The Morgan fingerprint density at radius 1 is 1.11 bits per heavy atom. The van der Waals surface area contributed by atoms with Crippen LogP contribution in [0, 0.1) is 12.7 Å². The van der Waals surface area contributed by atoms with E-state index < -0.39 is 5.82 Å². The molecule has 1 amide bonds. The summed E-state index contributed by atoms with van der Waals surface area (Å²) in [6.07, 6.45) is 1.37. The maximum absolute atomic E-state index is 15.0. The SMILES string of the molecule is Cc1cc(C(=O)N2CCN(c3ncnc(-c4ccccc4)c3F)CC2)no1. The monoisotopic (exact) mass is 367 g/mol. The molecule has 0 saturated carbocycles. The highest BCUT2D eigenvalue weighted by atomic mass is 19.1. The van der Waals surface area contributed by atoms with Crippen LogP contribution >= 0.6 is 0 Å². The van der Waals surface area contributed by atoms with E-state index in [9.17, 15) is 9.18 Å². The summed E-state index contributed by atoms with van der Waals surface area (Å²) in [5, 5.41) is 3.77. The van der Waals surface area contributed by atoms with Crippen molar-refractivity contribution in [3.05, 3.63) is 60.0 Å². The van der Waals surface area contributed by atoms with E-state index >= 15 is 0 Å². The van der Waals surface area contributed by atoms with Crippen molar-refractivity contribution >= 4 is 11.7 Å². The molecule has 3 aromatic rings. The molecule has 0 unspecified atom stereocenters. The number of aryl methyl sites for hydroxylation is 1. The van der Waals surface area contributed by atoms with Crippen molar-refractivity contribution in [2.75, 3.05) is 31.1 Å². The maximum Gasteiger partial charge on any atom is 0.276 e. The first kappa shape index (κ1) is 17.1. The molecule has 1 aliphatic rings. The Labute approximate surface area is 155 Å². The zero-order valence-corrected chi connectivity index (χ0v) is 14.8. The van der Waals surface area contributed by atoms with Crippen molar-refractivity contribution in [3.63, 3.8) is 0 Å². The van der Waals surface area contributed by atoms with Crippen LogP contribution in [0.25, 0.3) is 11.3 Å².